The van der Waals surface area contributed by atoms with Crippen LogP contribution in [0.15, 0.2) is 24.3 Å². The average Bonchev–Trinajstić information content (AvgIpc) is 2.77. The summed E-state index contributed by atoms with van der Waals surface area (Å²) in [6.45, 7) is 4.25. The summed E-state index contributed by atoms with van der Waals surface area (Å²) in [5, 5.41) is 0. The molecule has 0 heterocycles. The summed E-state index contributed by atoms with van der Waals surface area (Å²) in [6, 6.07) is 8.60. The zero-order chi connectivity index (χ0) is 13.2. The highest BCUT2D eigenvalue weighted by Crippen LogP contribution is 2.38. The molecule has 2 rings (SSSR count). The molecule has 0 radical (unpaired) electrons. The van der Waals surface area contributed by atoms with Gasteiger partial charge in [-0.15, -0.1) is 0 Å². The Balaban J connectivity index is 2.31. The van der Waals surface area contributed by atoms with Crippen molar-refractivity contribution in [2.75, 3.05) is 7.11 Å². The van der Waals surface area contributed by atoms with Crippen molar-refractivity contribution < 1.29 is 4.74 Å². The molecule has 0 unspecified atom stereocenters. The Morgan fingerprint density at radius 2 is 1.83 bits per heavy atom. The first kappa shape index (κ1) is 13.6. The van der Waals surface area contributed by atoms with E-state index in [1.165, 1.54) is 24.0 Å². The number of hydrogen-bond donors (Lipinski definition) is 1. The van der Waals surface area contributed by atoms with Gasteiger partial charge < -0.3 is 10.5 Å². The van der Waals surface area contributed by atoms with Crippen molar-refractivity contribution >= 4 is 0 Å². The van der Waals surface area contributed by atoms with E-state index in [1.807, 2.05) is 0 Å². The molecular weight excluding hydrogens is 222 g/mol. The first-order valence-electron chi connectivity index (χ1n) is 6.89. The van der Waals surface area contributed by atoms with Crippen molar-refractivity contribution in [3.05, 3.63) is 35.4 Å². The van der Waals surface area contributed by atoms with Crippen LogP contribution in [0.4, 0.5) is 0 Å². The Labute approximate surface area is 111 Å². The van der Waals surface area contributed by atoms with Crippen LogP contribution in [-0.4, -0.2) is 12.7 Å². The van der Waals surface area contributed by atoms with E-state index < -0.39 is 0 Å². The van der Waals surface area contributed by atoms with Crippen LogP contribution in [0.3, 0.4) is 0 Å². The highest BCUT2D eigenvalue weighted by molar-refractivity contribution is 5.35. The lowest BCUT2D eigenvalue weighted by molar-refractivity contribution is 0.0228. The largest absolute Gasteiger partial charge is 0.378 e. The number of benzene rings is 1. The molecule has 2 N–H and O–H groups in total. The molecule has 18 heavy (non-hydrogen) atoms. The van der Waals surface area contributed by atoms with E-state index in [4.69, 9.17) is 10.5 Å². The second-order valence-electron chi connectivity index (χ2n) is 6.16. The first-order valence-corrected chi connectivity index (χ1v) is 6.89. The minimum Gasteiger partial charge on any atom is -0.378 e. The Morgan fingerprint density at radius 3 is 2.44 bits per heavy atom. The summed E-state index contributed by atoms with van der Waals surface area (Å²) in [5.74, 6) is 0. The van der Waals surface area contributed by atoms with Gasteiger partial charge in [0.1, 0.15) is 0 Å². The predicted molar refractivity (Wildman–Crippen MR) is 75.6 cm³/mol. The van der Waals surface area contributed by atoms with Gasteiger partial charge in [0, 0.05) is 19.1 Å². The molecule has 1 aliphatic rings. The topological polar surface area (TPSA) is 35.2 Å². The maximum Gasteiger partial charge on any atom is 0.0663 e. The molecule has 0 aromatic heterocycles. The van der Waals surface area contributed by atoms with E-state index in [0.717, 1.165) is 19.3 Å². The minimum atomic E-state index is -0.134. The standard InChI is InChI=1S/C16H25NO/c1-15(2,18-3)12-13-8-4-5-9-14(13)16(17)10-6-7-11-16/h4-5,8-9H,6-7,10-12,17H2,1-3H3. The highest BCUT2D eigenvalue weighted by atomic mass is 16.5. The Hall–Kier alpha value is -0.860. The van der Waals surface area contributed by atoms with E-state index in [0.29, 0.717) is 0 Å². The fraction of sp³-hybridized carbons (Fsp3) is 0.625. The van der Waals surface area contributed by atoms with Gasteiger partial charge in [-0.2, -0.15) is 0 Å². The average molecular weight is 247 g/mol. The predicted octanol–water partition coefficient (Wildman–Crippen LogP) is 3.38. The summed E-state index contributed by atoms with van der Waals surface area (Å²) in [7, 11) is 1.77. The molecule has 0 amide bonds. The van der Waals surface area contributed by atoms with Crippen LogP contribution >= 0.6 is 0 Å². The van der Waals surface area contributed by atoms with Crippen molar-refractivity contribution in [1.29, 1.82) is 0 Å². The molecule has 1 fully saturated rings. The van der Waals surface area contributed by atoms with Crippen LogP contribution in [0.2, 0.25) is 0 Å². The van der Waals surface area contributed by atoms with Gasteiger partial charge in [0.25, 0.3) is 0 Å². The maximum atomic E-state index is 6.60. The summed E-state index contributed by atoms with van der Waals surface area (Å²) in [6.07, 6.45) is 5.63. The zero-order valence-corrected chi connectivity index (χ0v) is 11.8. The van der Waals surface area contributed by atoms with Gasteiger partial charge in [0.15, 0.2) is 0 Å². The smallest absolute Gasteiger partial charge is 0.0663 e. The second-order valence-corrected chi connectivity index (χ2v) is 6.16. The molecule has 0 bridgehead atoms. The monoisotopic (exact) mass is 247 g/mol. The minimum absolute atomic E-state index is 0.111. The van der Waals surface area contributed by atoms with Crippen molar-refractivity contribution in [1.82, 2.24) is 0 Å². The number of nitrogens with two attached hydrogens (primary N) is 1. The molecule has 0 atom stereocenters. The fourth-order valence-electron chi connectivity index (χ4n) is 2.97. The molecule has 100 valence electrons. The van der Waals surface area contributed by atoms with Gasteiger partial charge in [-0.25, -0.2) is 0 Å². The normalized spacial score (nSPS) is 19.1. The van der Waals surface area contributed by atoms with Crippen LogP contribution in [0.25, 0.3) is 0 Å². The maximum absolute atomic E-state index is 6.60. The van der Waals surface area contributed by atoms with E-state index >= 15 is 0 Å². The van der Waals surface area contributed by atoms with Gasteiger partial charge in [0.05, 0.1) is 5.60 Å². The molecule has 0 aliphatic heterocycles. The highest BCUT2D eigenvalue weighted by Gasteiger charge is 2.33. The van der Waals surface area contributed by atoms with E-state index in [2.05, 4.69) is 38.1 Å². The molecule has 1 aromatic rings. The SMILES string of the molecule is COC(C)(C)Cc1ccccc1C1(N)CCCC1. The van der Waals surface area contributed by atoms with Gasteiger partial charge in [-0.1, -0.05) is 37.1 Å². The molecule has 2 nitrogen and oxygen atoms in total. The number of rotatable bonds is 4. The lowest BCUT2D eigenvalue weighted by atomic mass is 9.83. The van der Waals surface area contributed by atoms with Crippen molar-refractivity contribution in [2.24, 2.45) is 5.73 Å². The van der Waals surface area contributed by atoms with E-state index in [1.54, 1.807) is 7.11 Å². The summed E-state index contributed by atoms with van der Waals surface area (Å²) >= 11 is 0. The molecule has 0 saturated heterocycles. The van der Waals surface area contributed by atoms with Crippen LogP contribution in [0.5, 0.6) is 0 Å². The lowest BCUT2D eigenvalue weighted by Crippen LogP contribution is -2.36. The van der Waals surface area contributed by atoms with Crippen LogP contribution < -0.4 is 5.73 Å². The van der Waals surface area contributed by atoms with Crippen molar-refractivity contribution in [3.63, 3.8) is 0 Å². The number of ether oxygens (including phenoxy) is 1. The molecule has 0 spiro atoms. The summed E-state index contributed by atoms with van der Waals surface area (Å²) < 4.78 is 5.55. The summed E-state index contributed by atoms with van der Waals surface area (Å²) in [4.78, 5) is 0. The quantitative estimate of drug-likeness (QED) is 0.885. The second kappa shape index (κ2) is 5.02. The summed E-state index contributed by atoms with van der Waals surface area (Å²) in [5.41, 5.74) is 9.02. The number of hydrogen-bond acceptors (Lipinski definition) is 2. The zero-order valence-electron chi connectivity index (χ0n) is 11.8. The Morgan fingerprint density at radius 1 is 1.22 bits per heavy atom. The van der Waals surface area contributed by atoms with Crippen LogP contribution in [0.1, 0.15) is 50.7 Å². The first-order chi connectivity index (χ1) is 8.47. The Kier molecular flexibility index (Phi) is 3.79. The molecule has 1 aliphatic carbocycles. The third kappa shape index (κ3) is 2.76. The third-order valence-electron chi connectivity index (χ3n) is 4.22. The molecule has 1 aromatic carbocycles. The van der Waals surface area contributed by atoms with Gasteiger partial charge in [-0.3, -0.25) is 0 Å². The van der Waals surface area contributed by atoms with Crippen LogP contribution in [-0.2, 0) is 16.7 Å². The Bertz CT molecular complexity index is 405. The van der Waals surface area contributed by atoms with Crippen LogP contribution in [0, 0.1) is 0 Å². The fourth-order valence-corrected chi connectivity index (χ4v) is 2.97. The van der Waals surface area contributed by atoms with Crippen molar-refractivity contribution in [3.8, 4) is 0 Å². The van der Waals surface area contributed by atoms with Gasteiger partial charge in [0.2, 0.25) is 0 Å². The molecule has 2 heteroatoms. The van der Waals surface area contributed by atoms with Gasteiger partial charge in [-0.05, 0) is 37.8 Å². The van der Waals surface area contributed by atoms with E-state index in [-0.39, 0.29) is 11.1 Å². The van der Waals surface area contributed by atoms with Crippen molar-refractivity contribution in [2.45, 2.75) is 57.1 Å². The molecule has 1 saturated carbocycles. The van der Waals surface area contributed by atoms with E-state index in [9.17, 15) is 0 Å². The number of methoxy groups -OCH3 is 1. The third-order valence-corrected chi connectivity index (χ3v) is 4.22. The molecular formula is C16H25NO. The van der Waals surface area contributed by atoms with Gasteiger partial charge >= 0.3 is 0 Å². The lowest BCUT2D eigenvalue weighted by Gasteiger charge is -2.30.